The van der Waals surface area contributed by atoms with E-state index in [-0.39, 0.29) is 45.5 Å². The number of fused-ring (bicyclic) bond motifs is 1. The molecule has 6 N–H and O–H groups in total. The molecule has 170 valence electrons. The average molecular weight is 454 g/mol. The Morgan fingerprint density at radius 2 is 1.45 bits per heavy atom. The molecule has 4 aromatic rings. The molecule has 0 spiro atoms. The van der Waals surface area contributed by atoms with Gasteiger partial charge in [0.25, 0.3) is 0 Å². The molecular weight excluding hydrogens is 436 g/mol. The molecule has 0 bridgehead atoms. The molecule has 33 heavy (non-hydrogen) atoms. The van der Waals surface area contributed by atoms with Crippen LogP contribution >= 0.6 is 0 Å². The number of phenolic OH excluding ortho intramolecular Hbond substituents is 5. The smallest absolute Gasteiger partial charge is 0.308 e. The Labute approximate surface area is 185 Å². The Morgan fingerprint density at radius 3 is 2.06 bits per heavy atom. The maximum atomic E-state index is 12.1. The molecule has 0 aliphatic heterocycles. The Balaban J connectivity index is 0.000000235. The second-order valence-corrected chi connectivity index (χ2v) is 6.74. The van der Waals surface area contributed by atoms with Crippen LogP contribution in [0, 0.1) is 0 Å². The first kappa shape index (κ1) is 22.8. The van der Waals surface area contributed by atoms with Crippen LogP contribution in [0.4, 0.5) is 0 Å². The third-order valence-corrected chi connectivity index (χ3v) is 4.27. The van der Waals surface area contributed by atoms with Crippen LogP contribution < -0.4 is 10.2 Å². The first-order valence-electron chi connectivity index (χ1n) is 9.28. The van der Waals surface area contributed by atoms with E-state index in [4.69, 9.17) is 14.3 Å². The fourth-order valence-electron chi connectivity index (χ4n) is 2.82. The Morgan fingerprint density at radius 1 is 0.788 bits per heavy atom. The minimum atomic E-state index is -0.888. The quantitative estimate of drug-likeness (QED) is 0.150. The van der Waals surface area contributed by atoms with Gasteiger partial charge in [0.2, 0.25) is 11.2 Å². The number of carbonyl (C=O) groups excluding carboxylic acids is 1. The zero-order valence-corrected chi connectivity index (χ0v) is 17.0. The van der Waals surface area contributed by atoms with Crippen molar-refractivity contribution in [3.8, 4) is 51.6 Å². The number of rotatable bonds is 2. The van der Waals surface area contributed by atoms with E-state index in [1.165, 1.54) is 37.3 Å². The van der Waals surface area contributed by atoms with Crippen LogP contribution in [0.5, 0.6) is 40.2 Å². The van der Waals surface area contributed by atoms with Crippen molar-refractivity contribution < 1.29 is 44.6 Å². The molecule has 0 aliphatic carbocycles. The summed E-state index contributed by atoms with van der Waals surface area (Å²) in [5.74, 6) is -2.49. The molecule has 0 saturated heterocycles. The lowest BCUT2D eigenvalue weighted by Crippen LogP contribution is -2.02. The van der Waals surface area contributed by atoms with Crippen molar-refractivity contribution in [1.82, 2.24) is 0 Å². The van der Waals surface area contributed by atoms with Crippen LogP contribution in [0.1, 0.15) is 6.92 Å². The van der Waals surface area contributed by atoms with E-state index in [2.05, 4.69) is 0 Å². The molecule has 3 aromatic carbocycles. The first-order valence-corrected chi connectivity index (χ1v) is 9.28. The fourth-order valence-corrected chi connectivity index (χ4v) is 2.82. The Kier molecular flexibility index (Phi) is 6.29. The van der Waals surface area contributed by atoms with Crippen molar-refractivity contribution in [2.24, 2.45) is 0 Å². The van der Waals surface area contributed by atoms with Gasteiger partial charge in [-0.1, -0.05) is 0 Å². The molecule has 0 aliphatic rings. The van der Waals surface area contributed by atoms with E-state index in [1.807, 2.05) is 0 Å². The highest BCUT2D eigenvalue weighted by Crippen LogP contribution is 2.37. The number of hydrogen-bond acceptors (Lipinski definition) is 10. The molecule has 1 heterocycles. The molecule has 10 nitrogen and oxygen atoms in total. The normalized spacial score (nSPS) is 10.3. The topological polar surface area (TPSA) is 178 Å². The summed E-state index contributed by atoms with van der Waals surface area (Å²) in [7, 11) is 0. The Bertz CT molecular complexity index is 1390. The summed E-state index contributed by atoms with van der Waals surface area (Å²) < 4.78 is 10.1. The SMILES string of the molecule is CC(=O)Oc1ccc(O)cc1.O=c1c(O)c(-c2ccc(O)c(O)c2)oc2cc(O)cc(O)c12. The summed E-state index contributed by atoms with van der Waals surface area (Å²) in [5.41, 5.74) is -0.890. The molecular formula is C23H18O10. The standard InChI is InChI=1S/C15H10O7.C8H8O3/c16-7-4-10(19)12-11(5-7)22-15(14(21)13(12)20)6-1-2-8(17)9(18)3-6;1-6(9)11-8-4-2-7(10)3-5-8/h1-5,16-19,21H;2-5,10H,1H3. The molecule has 0 atom stereocenters. The average Bonchev–Trinajstić information content (AvgIpc) is 2.74. The first-order chi connectivity index (χ1) is 15.6. The summed E-state index contributed by atoms with van der Waals surface area (Å²) >= 11 is 0. The lowest BCUT2D eigenvalue weighted by atomic mass is 10.1. The van der Waals surface area contributed by atoms with Gasteiger partial charge in [0.05, 0.1) is 0 Å². The summed E-state index contributed by atoms with van der Waals surface area (Å²) in [6.45, 7) is 1.33. The van der Waals surface area contributed by atoms with Crippen molar-refractivity contribution in [2.45, 2.75) is 6.92 Å². The number of aromatic hydroxyl groups is 6. The number of ether oxygens (including phenoxy) is 1. The maximum Gasteiger partial charge on any atom is 0.308 e. The highest BCUT2D eigenvalue weighted by atomic mass is 16.5. The third-order valence-electron chi connectivity index (χ3n) is 4.27. The monoisotopic (exact) mass is 454 g/mol. The maximum absolute atomic E-state index is 12.1. The lowest BCUT2D eigenvalue weighted by Gasteiger charge is -2.08. The predicted molar refractivity (Wildman–Crippen MR) is 116 cm³/mol. The van der Waals surface area contributed by atoms with Gasteiger partial charge in [-0.2, -0.15) is 0 Å². The van der Waals surface area contributed by atoms with E-state index in [1.54, 1.807) is 0 Å². The number of hydrogen-bond donors (Lipinski definition) is 6. The molecule has 0 fully saturated rings. The largest absolute Gasteiger partial charge is 0.508 e. The lowest BCUT2D eigenvalue weighted by molar-refractivity contribution is -0.131. The van der Waals surface area contributed by atoms with Crippen LogP contribution in [0.3, 0.4) is 0 Å². The van der Waals surface area contributed by atoms with E-state index >= 15 is 0 Å². The van der Waals surface area contributed by atoms with Crippen LogP contribution in [-0.2, 0) is 4.79 Å². The van der Waals surface area contributed by atoms with Crippen LogP contribution in [0.15, 0.2) is 63.8 Å². The third kappa shape index (κ3) is 5.07. The van der Waals surface area contributed by atoms with Gasteiger partial charge < -0.3 is 39.8 Å². The zero-order valence-electron chi connectivity index (χ0n) is 17.0. The van der Waals surface area contributed by atoms with Gasteiger partial charge in [-0.25, -0.2) is 0 Å². The van der Waals surface area contributed by atoms with Gasteiger partial charge in [-0.05, 0) is 42.5 Å². The summed E-state index contributed by atoms with van der Waals surface area (Å²) in [5, 5.41) is 56.5. The van der Waals surface area contributed by atoms with E-state index in [9.17, 15) is 35.1 Å². The van der Waals surface area contributed by atoms with Gasteiger partial charge in [-0.3, -0.25) is 9.59 Å². The van der Waals surface area contributed by atoms with E-state index in [0.717, 1.165) is 24.3 Å². The van der Waals surface area contributed by atoms with Crippen LogP contribution in [0.2, 0.25) is 0 Å². The zero-order chi connectivity index (χ0) is 24.3. The highest BCUT2D eigenvalue weighted by Gasteiger charge is 2.19. The number of phenols is 5. The number of carbonyl (C=O) groups is 1. The molecule has 0 saturated carbocycles. The summed E-state index contributed by atoms with van der Waals surface area (Å²) in [6, 6.07) is 11.6. The number of esters is 1. The van der Waals surface area contributed by atoms with E-state index < -0.39 is 22.7 Å². The van der Waals surface area contributed by atoms with Crippen molar-refractivity contribution in [1.29, 1.82) is 0 Å². The van der Waals surface area contributed by atoms with Crippen LogP contribution in [-0.4, -0.2) is 36.6 Å². The van der Waals surface area contributed by atoms with Gasteiger partial charge in [0.1, 0.15) is 34.0 Å². The molecule has 1 aromatic heterocycles. The van der Waals surface area contributed by atoms with Gasteiger partial charge >= 0.3 is 5.97 Å². The van der Waals surface area contributed by atoms with Crippen molar-refractivity contribution >= 4 is 16.9 Å². The highest BCUT2D eigenvalue weighted by molar-refractivity contribution is 5.88. The fraction of sp³-hybridized carbons (Fsp3) is 0.0435. The second-order valence-electron chi connectivity index (χ2n) is 6.74. The predicted octanol–water partition coefficient (Wildman–Crippen LogP) is 3.31. The minimum absolute atomic E-state index is 0.134. The van der Waals surface area contributed by atoms with Crippen molar-refractivity contribution in [3.05, 3.63) is 64.8 Å². The van der Waals surface area contributed by atoms with Crippen molar-refractivity contribution in [3.63, 3.8) is 0 Å². The number of benzene rings is 3. The van der Waals surface area contributed by atoms with Crippen LogP contribution in [0.25, 0.3) is 22.3 Å². The molecule has 10 heteroatoms. The second kappa shape index (κ2) is 9.10. The Hall–Kier alpha value is -4.86. The molecule has 0 radical (unpaired) electrons. The van der Waals surface area contributed by atoms with Gasteiger partial charge in [0, 0.05) is 24.6 Å². The summed E-state index contributed by atoms with van der Waals surface area (Å²) in [4.78, 5) is 22.6. The minimum Gasteiger partial charge on any atom is -0.508 e. The van der Waals surface area contributed by atoms with Gasteiger partial charge in [-0.15, -0.1) is 0 Å². The van der Waals surface area contributed by atoms with Gasteiger partial charge in [0.15, 0.2) is 17.3 Å². The molecule has 0 unspecified atom stereocenters. The molecule has 4 rings (SSSR count). The van der Waals surface area contributed by atoms with Crippen molar-refractivity contribution in [2.75, 3.05) is 0 Å². The van der Waals surface area contributed by atoms with E-state index in [0.29, 0.717) is 5.75 Å². The summed E-state index contributed by atoms with van der Waals surface area (Å²) in [6.07, 6.45) is 0. The molecule has 0 amide bonds.